The Morgan fingerprint density at radius 3 is 2.87 bits per heavy atom. The number of pyridine rings is 1. The van der Waals surface area contributed by atoms with Crippen molar-refractivity contribution < 1.29 is 5.11 Å². The molecule has 0 fully saturated rings. The molecule has 2 aromatic heterocycles. The maximum Gasteiger partial charge on any atom is 0.0558 e. The van der Waals surface area contributed by atoms with E-state index in [-0.39, 0.29) is 6.61 Å². The second kappa shape index (κ2) is 7.59. The first kappa shape index (κ1) is 16.0. The second-order valence-electron chi connectivity index (χ2n) is 5.57. The molecule has 1 aromatic carbocycles. The van der Waals surface area contributed by atoms with Gasteiger partial charge in [-0.1, -0.05) is 17.7 Å². The Balaban J connectivity index is 1.68. The summed E-state index contributed by atoms with van der Waals surface area (Å²) in [5, 5.41) is 11.2. The van der Waals surface area contributed by atoms with Gasteiger partial charge in [-0.2, -0.15) is 0 Å². The van der Waals surface area contributed by atoms with Gasteiger partial charge in [0.25, 0.3) is 0 Å². The van der Waals surface area contributed by atoms with Crippen LogP contribution in [0.1, 0.15) is 5.56 Å². The molecule has 0 bridgehead atoms. The maximum atomic E-state index is 9.30. The fourth-order valence-electron chi connectivity index (χ4n) is 2.78. The van der Waals surface area contributed by atoms with Crippen molar-refractivity contribution >= 4 is 22.5 Å². The molecule has 5 heteroatoms. The average Bonchev–Trinajstić information content (AvgIpc) is 2.96. The summed E-state index contributed by atoms with van der Waals surface area (Å²) in [4.78, 5) is 6.39. The number of hydrogen-bond acceptors (Lipinski definition) is 3. The molecule has 0 unspecified atom stereocenters. The van der Waals surface area contributed by atoms with E-state index in [2.05, 4.69) is 38.8 Å². The molecule has 0 atom stereocenters. The Bertz CT molecular complexity index is 757. The number of hydrogen-bond donors (Lipinski definition) is 1. The van der Waals surface area contributed by atoms with E-state index in [1.807, 2.05) is 24.4 Å². The number of aliphatic hydroxyl groups excluding tert-OH is 1. The maximum absolute atomic E-state index is 9.30. The molecule has 0 aliphatic rings. The first-order valence-corrected chi connectivity index (χ1v) is 8.10. The summed E-state index contributed by atoms with van der Waals surface area (Å²) < 4.78 is 2.22. The van der Waals surface area contributed by atoms with Crippen LogP contribution in [-0.4, -0.2) is 39.3 Å². The van der Waals surface area contributed by atoms with E-state index in [1.54, 1.807) is 6.20 Å². The third-order valence-electron chi connectivity index (χ3n) is 3.94. The Hall–Kier alpha value is -1.88. The van der Waals surface area contributed by atoms with Gasteiger partial charge in [0.05, 0.1) is 6.61 Å². The quantitative estimate of drug-likeness (QED) is 0.724. The minimum Gasteiger partial charge on any atom is -0.395 e. The lowest BCUT2D eigenvalue weighted by molar-refractivity contribution is 0.186. The smallest absolute Gasteiger partial charge is 0.0558 e. The molecule has 23 heavy (non-hydrogen) atoms. The van der Waals surface area contributed by atoms with E-state index in [1.165, 1.54) is 5.52 Å². The molecule has 1 N–H and O–H groups in total. The number of nitrogens with zero attached hydrogens (tertiary/aromatic N) is 3. The van der Waals surface area contributed by atoms with E-state index in [9.17, 15) is 5.11 Å². The second-order valence-corrected chi connectivity index (χ2v) is 6.01. The molecule has 120 valence electrons. The highest BCUT2D eigenvalue weighted by Gasteiger charge is 2.07. The molecule has 0 amide bonds. The number of aromatic nitrogens is 2. The summed E-state index contributed by atoms with van der Waals surface area (Å²) in [7, 11) is 0. The fourth-order valence-corrected chi connectivity index (χ4v) is 2.96. The van der Waals surface area contributed by atoms with Crippen molar-refractivity contribution in [3.05, 3.63) is 65.6 Å². The summed E-state index contributed by atoms with van der Waals surface area (Å²) in [5.41, 5.74) is 2.34. The number of benzene rings is 1. The zero-order valence-corrected chi connectivity index (χ0v) is 13.7. The minimum atomic E-state index is 0.155. The Labute approximate surface area is 140 Å². The van der Waals surface area contributed by atoms with Crippen LogP contribution in [-0.2, 0) is 13.1 Å². The van der Waals surface area contributed by atoms with Gasteiger partial charge in [-0.05, 0) is 35.9 Å². The normalized spacial score (nSPS) is 11.4. The third kappa shape index (κ3) is 4.10. The lowest BCUT2D eigenvalue weighted by Gasteiger charge is -2.21. The number of rotatable bonds is 7. The standard InChI is InChI=1S/C18H20ClN3O/c19-17-3-4-18-16(12-17)5-7-22(18)9-8-21(10-11-23)14-15-2-1-6-20-13-15/h1-7,12-13,23H,8-11,14H2. The molecule has 0 saturated heterocycles. The van der Waals surface area contributed by atoms with E-state index >= 15 is 0 Å². The van der Waals surface area contributed by atoms with Gasteiger partial charge in [-0.3, -0.25) is 9.88 Å². The summed E-state index contributed by atoms with van der Waals surface area (Å²) in [5.74, 6) is 0. The number of fused-ring (bicyclic) bond motifs is 1. The van der Waals surface area contributed by atoms with Gasteiger partial charge < -0.3 is 9.67 Å². The predicted molar refractivity (Wildman–Crippen MR) is 93.5 cm³/mol. The van der Waals surface area contributed by atoms with Crippen molar-refractivity contribution in [2.75, 3.05) is 19.7 Å². The first-order valence-electron chi connectivity index (χ1n) is 7.73. The highest BCUT2D eigenvalue weighted by molar-refractivity contribution is 6.31. The highest BCUT2D eigenvalue weighted by atomic mass is 35.5. The first-order chi connectivity index (χ1) is 11.3. The van der Waals surface area contributed by atoms with Gasteiger partial charge >= 0.3 is 0 Å². The monoisotopic (exact) mass is 329 g/mol. The van der Waals surface area contributed by atoms with Crippen LogP contribution in [0.2, 0.25) is 5.02 Å². The van der Waals surface area contributed by atoms with Gasteiger partial charge in [0.1, 0.15) is 0 Å². The van der Waals surface area contributed by atoms with Crippen LogP contribution in [0.4, 0.5) is 0 Å². The largest absolute Gasteiger partial charge is 0.395 e. The molecule has 0 radical (unpaired) electrons. The van der Waals surface area contributed by atoms with Crippen LogP contribution in [0.15, 0.2) is 55.0 Å². The van der Waals surface area contributed by atoms with Crippen molar-refractivity contribution in [1.29, 1.82) is 0 Å². The molecule has 0 saturated carbocycles. The number of halogens is 1. The Kier molecular flexibility index (Phi) is 5.28. The molecule has 0 spiro atoms. The molecule has 3 rings (SSSR count). The summed E-state index contributed by atoms with van der Waals surface area (Å²) in [6.07, 6.45) is 5.73. The van der Waals surface area contributed by atoms with Gasteiger partial charge in [-0.25, -0.2) is 0 Å². The lowest BCUT2D eigenvalue weighted by Crippen LogP contribution is -2.29. The molecule has 3 aromatic rings. The molecule has 0 aliphatic carbocycles. The zero-order valence-electron chi connectivity index (χ0n) is 12.9. The van der Waals surface area contributed by atoms with Crippen LogP contribution < -0.4 is 0 Å². The fraction of sp³-hybridized carbons (Fsp3) is 0.278. The van der Waals surface area contributed by atoms with Crippen LogP contribution in [0.25, 0.3) is 10.9 Å². The van der Waals surface area contributed by atoms with Crippen molar-refractivity contribution in [3.8, 4) is 0 Å². The highest BCUT2D eigenvalue weighted by Crippen LogP contribution is 2.20. The van der Waals surface area contributed by atoms with Crippen LogP contribution in [0, 0.1) is 0 Å². The van der Waals surface area contributed by atoms with E-state index < -0.39 is 0 Å². The SMILES string of the molecule is OCCN(CCn1ccc2cc(Cl)ccc21)Cc1cccnc1. The van der Waals surface area contributed by atoms with E-state index in [0.717, 1.165) is 35.6 Å². The van der Waals surface area contributed by atoms with Crippen LogP contribution in [0.5, 0.6) is 0 Å². The van der Waals surface area contributed by atoms with Crippen molar-refractivity contribution in [2.45, 2.75) is 13.1 Å². The van der Waals surface area contributed by atoms with Gasteiger partial charge in [0.2, 0.25) is 0 Å². The summed E-state index contributed by atoms with van der Waals surface area (Å²) in [6, 6.07) is 12.0. The molecule has 4 nitrogen and oxygen atoms in total. The average molecular weight is 330 g/mol. The Morgan fingerprint density at radius 2 is 2.09 bits per heavy atom. The van der Waals surface area contributed by atoms with E-state index in [0.29, 0.717) is 6.54 Å². The van der Waals surface area contributed by atoms with Crippen LogP contribution >= 0.6 is 11.6 Å². The summed E-state index contributed by atoms with van der Waals surface area (Å²) >= 11 is 6.04. The van der Waals surface area contributed by atoms with Crippen LogP contribution in [0.3, 0.4) is 0 Å². The van der Waals surface area contributed by atoms with E-state index in [4.69, 9.17) is 11.6 Å². The molecular formula is C18H20ClN3O. The van der Waals surface area contributed by atoms with Crippen molar-refractivity contribution in [3.63, 3.8) is 0 Å². The van der Waals surface area contributed by atoms with Crippen molar-refractivity contribution in [1.82, 2.24) is 14.5 Å². The zero-order chi connectivity index (χ0) is 16.1. The summed E-state index contributed by atoms with van der Waals surface area (Å²) in [6.45, 7) is 3.33. The molecule has 0 aliphatic heterocycles. The number of aliphatic hydroxyl groups is 1. The molecular weight excluding hydrogens is 310 g/mol. The topological polar surface area (TPSA) is 41.3 Å². The predicted octanol–water partition coefficient (Wildman–Crippen LogP) is 3.18. The minimum absolute atomic E-state index is 0.155. The lowest BCUT2D eigenvalue weighted by atomic mass is 10.2. The van der Waals surface area contributed by atoms with Gasteiger partial charge in [-0.15, -0.1) is 0 Å². The molecule has 2 heterocycles. The third-order valence-corrected chi connectivity index (χ3v) is 4.17. The van der Waals surface area contributed by atoms with Crippen molar-refractivity contribution in [2.24, 2.45) is 0 Å². The van der Waals surface area contributed by atoms with Gasteiger partial charge in [0.15, 0.2) is 0 Å². The van der Waals surface area contributed by atoms with Gasteiger partial charge in [0, 0.05) is 60.7 Å². The Morgan fingerprint density at radius 1 is 1.17 bits per heavy atom.